The minimum atomic E-state index is -3.59. The molecule has 0 bridgehead atoms. The van der Waals surface area contributed by atoms with Crippen LogP contribution >= 0.6 is 0 Å². The molecule has 1 fully saturated rings. The van der Waals surface area contributed by atoms with Gasteiger partial charge in [0.2, 0.25) is 10.0 Å². The maximum absolute atomic E-state index is 12.3. The predicted octanol–water partition coefficient (Wildman–Crippen LogP) is -0.634. The lowest BCUT2D eigenvalue weighted by Crippen LogP contribution is -2.45. The maximum atomic E-state index is 12.3. The Morgan fingerprint density at radius 2 is 2.19 bits per heavy atom. The first-order valence-electron chi connectivity index (χ1n) is 6.76. The third-order valence-corrected chi connectivity index (χ3v) is 4.77. The predicted molar refractivity (Wildman–Crippen MR) is 79.1 cm³/mol. The standard InChI is InChI=1S/C12H21N5O3S/c1-10(9-17-4-6-20-7-5-17)16-21(18,19)11-2-3-14-12(8-11)15-13/h2-3,8,10,16H,4-7,9,13H2,1H3,(H,14,15). The van der Waals surface area contributed by atoms with E-state index in [2.05, 4.69) is 20.0 Å². The number of pyridine rings is 1. The zero-order chi connectivity index (χ0) is 15.3. The SMILES string of the molecule is CC(CN1CCOCC1)NS(=O)(=O)c1ccnc(NN)c1. The number of nitrogens with one attached hydrogen (secondary N) is 2. The molecule has 9 heteroatoms. The fourth-order valence-electron chi connectivity index (χ4n) is 2.20. The first-order valence-corrected chi connectivity index (χ1v) is 8.24. The largest absolute Gasteiger partial charge is 0.379 e. The van der Waals surface area contributed by atoms with Crippen LogP contribution in [0.25, 0.3) is 0 Å². The molecule has 0 amide bonds. The molecule has 21 heavy (non-hydrogen) atoms. The Labute approximate surface area is 124 Å². The highest BCUT2D eigenvalue weighted by atomic mass is 32.2. The Hall–Kier alpha value is -1.26. The lowest BCUT2D eigenvalue weighted by molar-refractivity contribution is 0.0354. The fourth-order valence-corrected chi connectivity index (χ4v) is 3.45. The van der Waals surface area contributed by atoms with Crippen molar-refractivity contribution in [3.05, 3.63) is 18.3 Å². The van der Waals surface area contributed by atoms with Gasteiger partial charge in [-0.1, -0.05) is 0 Å². The Bertz CT molecular complexity index is 560. The second-order valence-electron chi connectivity index (χ2n) is 4.96. The molecule has 2 heterocycles. The summed E-state index contributed by atoms with van der Waals surface area (Å²) in [4.78, 5) is 6.21. The van der Waals surface area contributed by atoms with Crippen LogP contribution < -0.4 is 16.0 Å². The van der Waals surface area contributed by atoms with Crippen LogP contribution in [-0.4, -0.2) is 57.2 Å². The molecule has 0 aliphatic carbocycles. The highest BCUT2D eigenvalue weighted by molar-refractivity contribution is 7.89. The van der Waals surface area contributed by atoms with Crippen molar-refractivity contribution < 1.29 is 13.2 Å². The molecule has 1 unspecified atom stereocenters. The van der Waals surface area contributed by atoms with Crippen molar-refractivity contribution in [3.8, 4) is 0 Å². The highest BCUT2D eigenvalue weighted by Crippen LogP contribution is 2.12. The Balaban J connectivity index is 1.98. The van der Waals surface area contributed by atoms with Crippen LogP contribution in [0.2, 0.25) is 0 Å². The molecule has 1 aliphatic rings. The van der Waals surface area contributed by atoms with E-state index in [1.165, 1.54) is 18.3 Å². The van der Waals surface area contributed by atoms with E-state index in [1.807, 2.05) is 6.92 Å². The quantitative estimate of drug-likeness (QED) is 0.473. The molecule has 1 aromatic heterocycles. The number of ether oxygens (including phenoxy) is 1. The maximum Gasteiger partial charge on any atom is 0.241 e. The van der Waals surface area contributed by atoms with Gasteiger partial charge in [0.25, 0.3) is 0 Å². The van der Waals surface area contributed by atoms with Crippen LogP contribution in [0.15, 0.2) is 23.2 Å². The van der Waals surface area contributed by atoms with E-state index in [1.54, 1.807) is 0 Å². The van der Waals surface area contributed by atoms with E-state index >= 15 is 0 Å². The van der Waals surface area contributed by atoms with Crippen LogP contribution in [0.1, 0.15) is 6.92 Å². The van der Waals surface area contributed by atoms with Gasteiger partial charge in [-0.3, -0.25) is 4.90 Å². The van der Waals surface area contributed by atoms with Crippen LogP contribution in [0, 0.1) is 0 Å². The number of nitrogens with two attached hydrogens (primary N) is 1. The zero-order valence-corrected chi connectivity index (χ0v) is 12.8. The van der Waals surface area contributed by atoms with E-state index in [0.717, 1.165) is 13.1 Å². The highest BCUT2D eigenvalue weighted by Gasteiger charge is 2.20. The second kappa shape index (κ2) is 7.14. The van der Waals surface area contributed by atoms with E-state index in [-0.39, 0.29) is 10.9 Å². The molecule has 8 nitrogen and oxygen atoms in total. The number of sulfonamides is 1. The van der Waals surface area contributed by atoms with Crippen molar-refractivity contribution in [3.63, 3.8) is 0 Å². The van der Waals surface area contributed by atoms with Crippen LogP contribution in [-0.2, 0) is 14.8 Å². The van der Waals surface area contributed by atoms with Crippen LogP contribution in [0.5, 0.6) is 0 Å². The Morgan fingerprint density at radius 3 is 2.86 bits per heavy atom. The van der Waals surface area contributed by atoms with Gasteiger partial charge >= 0.3 is 0 Å². The van der Waals surface area contributed by atoms with Crippen molar-refractivity contribution in [2.75, 3.05) is 38.3 Å². The number of hydrogen-bond acceptors (Lipinski definition) is 7. The molecule has 1 aliphatic heterocycles. The van der Waals surface area contributed by atoms with Crippen LogP contribution in [0.3, 0.4) is 0 Å². The zero-order valence-electron chi connectivity index (χ0n) is 11.9. The molecule has 0 aromatic carbocycles. The van der Waals surface area contributed by atoms with Gasteiger partial charge in [0.1, 0.15) is 5.82 Å². The first-order chi connectivity index (χ1) is 10.0. The van der Waals surface area contributed by atoms with Crippen molar-refractivity contribution in [2.45, 2.75) is 17.9 Å². The summed E-state index contributed by atoms with van der Waals surface area (Å²) in [5.74, 6) is 5.55. The molecule has 4 N–H and O–H groups in total. The molecule has 0 radical (unpaired) electrons. The lowest BCUT2D eigenvalue weighted by atomic mass is 10.3. The van der Waals surface area contributed by atoms with Gasteiger partial charge in [-0.25, -0.2) is 24.0 Å². The van der Waals surface area contributed by atoms with Gasteiger partial charge < -0.3 is 10.2 Å². The van der Waals surface area contributed by atoms with Crippen molar-refractivity contribution in [2.24, 2.45) is 5.84 Å². The van der Waals surface area contributed by atoms with E-state index in [0.29, 0.717) is 25.6 Å². The summed E-state index contributed by atoms with van der Waals surface area (Å²) in [6.45, 7) is 5.52. The minimum Gasteiger partial charge on any atom is -0.379 e. The Kier molecular flexibility index (Phi) is 5.48. The summed E-state index contributed by atoms with van der Waals surface area (Å²) < 4.78 is 32.5. The first kappa shape index (κ1) is 16.1. The summed E-state index contributed by atoms with van der Waals surface area (Å²) in [5.41, 5.74) is 2.33. The van der Waals surface area contributed by atoms with Gasteiger partial charge in [0.15, 0.2) is 0 Å². The summed E-state index contributed by atoms with van der Waals surface area (Å²) in [6.07, 6.45) is 1.40. The van der Waals surface area contributed by atoms with Crippen molar-refractivity contribution in [1.29, 1.82) is 0 Å². The number of hydrazine groups is 1. The van der Waals surface area contributed by atoms with Crippen molar-refractivity contribution in [1.82, 2.24) is 14.6 Å². The molecular formula is C12H21N5O3S. The molecule has 2 rings (SSSR count). The van der Waals surface area contributed by atoms with Gasteiger partial charge in [-0.15, -0.1) is 0 Å². The third kappa shape index (κ3) is 4.61. The molecule has 0 saturated carbocycles. The third-order valence-electron chi connectivity index (χ3n) is 3.18. The number of nitrogen functional groups attached to an aromatic ring is 1. The normalized spacial score (nSPS) is 18.4. The Morgan fingerprint density at radius 1 is 1.48 bits per heavy atom. The topological polar surface area (TPSA) is 110 Å². The summed E-state index contributed by atoms with van der Waals surface area (Å²) in [5, 5.41) is 0. The summed E-state index contributed by atoms with van der Waals surface area (Å²) in [7, 11) is -3.59. The number of anilines is 1. The fraction of sp³-hybridized carbons (Fsp3) is 0.583. The average molecular weight is 315 g/mol. The van der Waals surface area contributed by atoms with E-state index < -0.39 is 10.0 Å². The molecule has 1 atom stereocenters. The van der Waals surface area contributed by atoms with Gasteiger partial charge in [-0.05, 0) is 13.0 Å². The number of nitrogens with zero attached hydrogens (tertiary/aromatic N) is 2. The molecule has 118 valence electrons. The summed E-state index contributed by atoms with van der Waals surface area (Å²) in [6, 6.07) is 2.63. The number of rotatable bonds is 6. The number of hydrogen-bond donors (Lipinski definition) is 3. The molecule has 0 spiro atoms. The average Bonchev–Trinajstić information content (AvgIpc) is 2.47. The summed E-state index contributed by atoms with van der Waals surface area (Å²) >= 11 is 0. The molecular weight excluding hydrogens is 294 g/mol. The molecule has 1 aromatic rings. The lowest BCUT2D eigenvalue weighted by Gasteiger charge is -2.29. The van der Waals surface area contributed by atoms with Crippen molar-refractivity contribution >= 4 is 15.8 Å². The van der Waals surface area contributed by atoms with Gasteiger partial charge in [-0.2, -0.15) is 0 Å². The van der Waals surface area contributed by atoms with Gasteiger partial charge in [0, 0.05) is 37.9 Å². The minimum absolute atomic E-state index is 0.138. The second-order valence-corrected chi connectivity index (χ2v) is 6.67. The number of morpholine rings is 1. The number of aromatic nitrogens is 1. The van der Waals surface area contributed by atoms with Gasteiger partial charge in [0.05, 0.1) is 18.1 Å². The van der Waals surface area contributed by atoms with Crippen LogP contribution in [0.4, 0.5) is 5.82 Å². The monoisotopic (exact) mass is 315 g/mol. The van der Waals surface area contributed by atoms with E-state index in [9.17, 15) is 8.42 Å². The van der Waals surface area contributed by atoms with E-state index in [4.69, 9.17) is 10.6 Å². The molecule has 1 saturated heterocycles. The smallest absolute Gasteiger partial charge is 0.241 e.